The summed E-state index contributed by atoms with van der Waals surface area (Å²) in [6.07, 6.45) is 5.38. The van der Waals surface area contributed by atoms with Gasteiger partial charge in [0, 0.05) is 10.4 Å². The normalized spacial score (nSPS) is 18.4. The zero-order valence-electron chi connectivity index (χ0n) is 7.02. The van der Waals surface area contributed by atoms with Gasteiger partial charge in [0.2, 0.25) is 0 Å². The standard InChI is InChI=1S/C11H12Br/c12-11-7-5-10(6-8-11)9-3-1-2-4-9/h5-8H,1-4H2. The summed E-state index contributed by atoms with van der Waals surface area (Å²) in [6.45, 7) is 0. The van der Waals surface area contributed by atoms with Crippen LogP contribution in [0.2, 0.25) is 0 Å². The molecule has 1 radical (unpaired) electrons. The minimum atomic E-state index is 1.17. The summed E-state index contributed by atoms with van der Waals surface area (Å²) in [6, 6.07) is 8.68. The van der Waals surface area contributed by atoms with E-state index in [4.69, 9.17) is 0 Å². The molecule has 0 spiro atoms. The first-order valence-corrected chi connectivity index (χ1v) is 5.26. The van der Waals surface area contributed by atoms with Crippen LogP contribution in [0.15, 0.2) is 28.7 Å². The van der Waals surface area contributed by atoms with Crippen LogP contribution in [0.3, 0.4) is 0 Å². The van der Waals surface area contributed by atoms with Crippen LogP contribution in [-0.2, 0) is 0 Å². The maximum atomic E-state index is 3.44. The predicted molar refractivity (Wildman–Crippen MR) is 55.0 cm³/mol. The van der Waals surface area contributed by atoms with Crippen molar-refractivity contribution in [3.05, 3.63) is 40.2 Å². The van der Waals surface area contributed by atoms with E-state index in [9.17, 15) is 0 Å². The van der Waals surface area contributed by atoms with Gasteiger partial charge >= 0.3 is 0 Å². The Labute approximate surface area is 82.1 Å². The first kappa shape index (κ1) is 8.31. The van der Waals surface area contributed by atoms with Crippen LogP contribution in [0.4, 0.5) is 0 Å². The molecule has 2 rings (SSSR count). The molecular formula is C11H12Br. The van der Waals surface area contributed by atoms with Crippen LogP contribution in [0.5, 0.6) is 0 Å². The molecule has 0 bridgehead atoms. The first-order chi connectivity index (χ1) is 5.86. The van der Waals surface area contributed by atoms with E-state index in [-0.39, 0.29) is 0 Å². The minimum Gasteiger partial charge on any atom is -0.0573 e. The monoisotopic (exact) mass is 223 g/mol. The van der Waals surface area contributed by atoms with Crippen LogP contribution in [-0.4, -0.2) is 0 Å². The summed E-state index contributed by atoms with van der Waals surface area (Å²) in [5.41, 5.74) is 1.44. The number of halogens is 1. The van der Waals surface area contributed by atoms with Crippen molar-refractivity contribution < 1.29 is 0 Å². The molecule has 1 heteroatoms. The van der Waals surface area contributed by atoms with Gasteiger partial charge in [0.25, 0.3) is 0 Å². The molecule has 1 fully saturated rings. The smallest absolute Gasteiger partial charge is 0.0175 e. The summed E-state index contributed by atoms with van der Waals surface area (Å²) >= 11 is 3.44. The number of benzene rings is 1. The van der Waals surface area contributed by atoms with E-state index < -0.39 is 0 Å². The molecule has 1 aliphatic carbocycles. The van der Waals surface area contributed by atoms with E-state index in [1.807, 2.05) is 0 Å². The van der Waals surface area contributed by atoms with Crippen molar-refractivity contribution in [2.24, 2.45) is 0 Å². The fourth-order valence-electron chi connectivity index (χ4n) is 1.78. The predicted octanol–water partition coefficient (Wildman–Crippen LogP) is 3.95. The zero-order chi connectivity index (χ0) is 8.39. The lowest BCUT2D eigenvalue weighted by Gasteiger charge is -2.07. The van der Waals surface area contributed by atoms with E-state index >= 15 is 0 Å². The number of hydrogen-bond donors (Lipinski definition) is 0. The van der Waals surface area contributed by atoms with Crippen LogP contribution in [0.25, 0.3) is 0 Å². The molecule has 0 atom stereocenters. The maximum absolute atomic E-state index is 3.44. The molecular weight excluding hydrogens is 212 g/mol. The molecule has 63 valence electrons. The highest BCUT2D eigenvalue weighted by molar-refractivity contribution is 9.10. The van der Waals surface area contributed by atoms with E-state index in [2.05, 4.69) is 40.2 Å². The van der Waals surface area contributed by atoms with E-state index in [1.165, 1.54) is 35.7 Å². The van der Waals surface area contributed by atoms with Gasteiger partial charge in [-0.25, -0.2) is 0 Å². The van der Waals surface area contributed by atoms with Gasteiger partial charge in [0.15, 0.2) is 0 Å². The van der Waals surface area contributed by atoms with Crippen LogP contribution in [0.1, 0.15) is 31.2 Å². The molecule has 0 nitrogen and oxygen atoms in total. The Morgan fingerprint density at radius 1 is 0.917 bits per heavy atom. The average molecular weight is 224 g/mol. The van der Waals surface area contributed by atoms with Crippen molar-refractivity contribution in [1.29, 1.82) is 0 Å². The van der Waals surface area contributed by atoms with E-state index in [0.717, 1.165) is 0 Å². The fraction of sp³-hybridized carbons (Fsp3) is 0.364. The van der Waals surface area contributed by atoms with Gasteiger partial charge in [-0.05, 0) is 30.5 Å². The van der Waals surface area contributed by atoms with Crippen molar-refractivity contribution in [1.82, 2.24) is 0 Å². The summed E-state index contributed by atoms with van der Waals surface area (Å²) in [7, 11) is 0. The molecule has 0 aliphatic heterocycles. The van der Waals surface area contributed by atoms with Gasteiger partial charge in [-0.1, -0.05) is 40.9 Å². The largest absolute Gasteiger partial charge is 0.0573 e. The second-order valence-electron chi connectivity index (χ2n) is 3.32. The Balaban J connectivity index is 2.17. The molecule has 1 aliphatic rings. The summed E-state index contributed by atoms with van der Waals surface area (Å²) < 4.78 is 1.17. The van der Waals surface area contributed by atoms with Gasteiger partial charge in [0.05, 0.1) is 0 Å². The molecule has 1 aromatic carbocycles. The van der Waals surface area contributed by atoms with Gasteiger partial charge in [-0.2, -0.15) is 0 Å². The maximum Gasteiger partial charge on any atom is 0.0175 e. The zero-order valence-corrected chi connectivity index (χ0v) is 8.60. The van der Waals surface area contributed by atoms with Crippen LogP contribution < -0.4 is 0 Å². The average Bonchev–Trinajstić information content (AvgIpc) is 2.58. The van der Waals surface area contributed by atoms with E-state index in [1.54, 1.807) is 5.92 Å². The third kappa shape index (κ3) is 1.71. The van der Waals surface area contributed by atoms with Crippen molar-refractivity contribution in [2.45, 2.75) is 25.7 Å². The number of hydrogen-bond acceptors (Lipinski definition) is 0. The lowest BCUT2D eigenvalue weighted by atomic mass is 9.98. The lowest BCUT2D eigenvalue weighted by Crippen LogP contribution is -1.91. The lowest BCUT2D eigenvalue weighted by molar-refractivity contribution is 0.886. The highest BCUT2D eigenvalue weighted by Crippen LogP contribution is 2.33. The number of rotatable bonds is 1. The summed E-state index contributed by atoms with van der Waals surface area (Å²) in [5, 5.41) is 0. The highest BCUT2D eigenvalue weighted by Gasteiger charge is 2.16. The Morgan fingerprint density at radius 3 is 2.08 bits per heavy atom. The molecule has 0 aromatic heterocycles. The molecule has 12 heavy (non-hydrogen) atoms. The Kier molecular flexibility index (Phi) is 2.50. The minimum absolute atomic E-state index is 1.17. The van der Waals surface area contributed by atoms with Gasteiger partial charge in [0.1, 0.15) is 0 Å². The van der Waals surface area contributed by atoms with Crippen molar-refractivity contribution >= 4 is 15.9 Å². The summed E-state index contributed by atoms with van der Waals surface area (Å²) in [5.74, 6) is 1.64. The summed E-state index contributed by atoms with van der Waals surface area (Å²) in [4.78, 5) is 0. The first-order valence-electron chi connectivity index (χ1n) is 4.47. The Hall–Kier alpha value is -0.300. The highest BCUT2D eigenvalue weighted by atomic mass is 79.9. The Bertz CT molecular complexity index is 244. The van der Waals surface area contributed by atoms with Crippen molar-refractivity contribution in [3.63, 3.8) is 0 Å². The van der Waals surface area contributed by atoms with Crippen molar-refractivity contribution in [3.8, 4) is 0 Å². The topological polar surface area (TPSA) is 0 Å². The van der Waals surface area contributed by atoms with E-state index in [0.29, 0.717) is 0 Å². The second-order valence-corrected chi connectivity index (χ2v) is 4.23. The van der Waals surface area contributed by atoms with Crippen molar-refractivity contribution in [2.75, 3.05) is 0 Å². The van der Waals surface area contributed by atoms with Crippen LogP contribution in [0, 0.1) is 5.92 Å². The molecule has 0 N–H and O–H groups in total. The van der Waals surface area contributed by atoms with Gasteiger partial charge in [-0.3, -0.25) is 0 Å². The van der Waals surface area contributed by atoms with Crippen LogP contribution >= 0.6 is 15.9 Å². The fourth-order valence-corrected chi connectivity index (χ4v) is 2.04. The molecule has 0 saturated heterocycles. The molecule has 1 saturated carbocycles. The Morgan fingerprint density at radius 2 is 1.50 bits per heavy atom. The third-order valence-corrected chi connectivity index (χ3v) is 2.99. The second kappa shape index (κ2) is 3.61. The molecule has 0 amide bonds. The SMILES string of the molecule is Brc1ccc([C]2CCCC2)cc1. The van der Waals surface area contributed by atoms with Gasteiger partial charge in [-0.15, -0.1) is 0 Å². The molecule has 0 unspecified atom stereocenters. The third-order valence-electron chi connectivity index (χ3n) is 2.46. The molecule has 1 aromatic rings. The quantitative estimate of drug-likeness (QED) is 0.677. The molecule has 0 heterocycles. The van der Waals surface area contributed by atoms with Gasteiger partial charge < -0.3 is 0 Å².